The largest absolute Gasteiger partial charge is 0.480 e. The average Bonchev–Trinajstić information content (AvgIpc) is 3.04. The van der Waals surface area contributed by atoms with E-state index in [4.69, 9.17) is 5.11 Å². The molecule has 88 valence electrons. The third kappa shape index (κ3) is 1.95. The third-order valence-corrected chi connectivity index (χ3v) is 2.86. The van der Waals surface area contributed by atoms with Crippen LogP contribution in [0.1, 0.15) is 12.8 Å². The molecule has 0 spiro atoms. The lowest BCUT2D eigenvalue weighted by Gasteiger charge is -2.07. The Bertz CT molecular complexity index is 572. The second-order valence-corrected chi connectivity index (χ2v) is 4.32. The molecule has 0 aliphatic heterocycles. The van der Waals surface area contributed by atoms with E-state index < -0.39 is 5.97 Å². The normalized spacial score (nSPS) is 15.1. The molecule has 0 saturated heterocycles. The Balaban J connectivity index is 2.07. The van der Waals surface area contributed by atoms with Gasteiger partial charge in [-0.15, -0.1) is 0 Å². The third-order valence-electron chi connectivity index (χ3n) is 2.86. The second-order valence-electron chi connectivity index (χ2n) is 4.32. The Morgan fingerprint density at radius 1 is 1.47 bits per heavy atom. The summed E-state index contributed by atoms with van der Waals surface area (Å²) >= 11 is 0. The van der Waals surface area contributed by atoms with Crippen molar-refractivity contribution in [1.82, 2.24) is 9.55 Å². The average molecular weight is 231 g/mol. The van der Waals surface area contributed by atoms with Gasteiger partial charge in [0.1, 0.15) is 6.54 Å². The van der Waals surface area contributed by atoms with Gasteiger partial charge in [0.25, 0.3) is 0 Å². The number of anilines is 1. The van der Waals surface area contributed by atoms with Crippen molar-refractivity contribution in [2.75, 3.05) is 5.32 Å². The van der Waals surface area contributed by atoms with Gasteiger partial charge < -0.3 is 10.4 Å². The molecule has 1 fully saturated rings. The molecule has 1 heterocycles. The molecule has 0 atom stereocenters. The van der Waals surface area contributed by atoms with E-state index >= 15 is 0 Å². The number of hydrogen-bond acceptors (Lipinski definition) is 3. The minimum absolute atomic E-state index is 0.0600. The fraction of sp³-hybridized carbons (Fsp3) is 0.333. The molecular formula is C12H13N3O2. The van der Waals surface area contributed by atoms with Crippen molar-refractivity contribution >= 4 is 23.0 Å². The van der Waals surface area contributed by atoms with E-state index in [-0.39, 0.29) is 6.54 Å². The number of benzene rings is 1. The highest BCUT2D eigenvalue weighted by atomic mass is 16.4. The van der Waals surface area contributed by atoms with Gasteiger partial charge in [0.15, 0.2) is 0 Å². The Hall–Kier alpha value is -2.04. The molecule has 1 aromatic heterocycles. The SMILES string of the molecule is O=C(O)Cn1c(NC2CC2)nc2ccccc21. The molecule has 2 aromatic rings. The number of fused-ring (bicyclic) bond motifs is 1. The summed E-state index contributed by atoms with van der Waals surface area (Å²) in [6.07, 6.45) is 2.27. The zero-order valence-corrected chi connectivity index (χ0v) is 9.26. The number of carboxylic acids is 1. The van der Waals surface area contributed by atoms with Gasteiger partial charge >= 0.3 is 5.97 Å². The minimum Gasteiger partial charge on any atom is -0.480 e. The van der Waals surface area contributed by atoms with Crippen LogP contribution in [0.4, 0.5) is 5.95 Å². The Morgan fingerprint density at radius 3 is 2.94 bits per heavy atom. The summed E-state index contributed by atoms with van der Waals surface area (Å²) in [5.41, 5.74) is 1.69. The van der Waals surface area contributed by atoms with Crippen LogP contribution in [0.5, 0.6) is 0 Å². The van der Waals surface area contributed by atoms with Crippen molar-refractivity contribution in [2.45, 2.75) is 25.4 Å². The highest BCUT2D eigenvalue weighted by molar-refractivity contribution is 5.81. The van der Waals surface area contributed by atoms with Gasteiger partial charge in [-0.25, -0.2) is 4.98 Å². The smallest absolute Gasteiger partial charge is 0.323 e. The van der Waals surface area contributed by atoms with Crippen molar-refractivity contribution < 1.29 is 9.90 Å². The van der Waals surface area contributed by atoms with Crippen molar-refractivity contribution in [1.29, 1.82) is 0 Å². The van der Waals surface area contributed by atoms with Crippen LogP contribution in [0, 0.1) is 0 Å². The Kier molecular flexibility index (Phi) is 2.24. The molecule has 2 N–H and O–H groups in total. The van der Waals surface area contributed by atoms with Crippen molar-refractivity contribution in [3.05, 3.63) is 24.3 Å². The topological polar surface area (TPSA) is 67.2 Å². The van der Waals surface area contributed by atoms with E-state index in [0.717, 1.165) is 23.9 Å². The van der Waals surface area contributed by atoms with E-state index in [9.17, 15) is 4.79 Å². The van der Waals surface area contributed by atoms with Gasteiger partial charge in [-0.05, 0) is 25.0 Å². The predicted molar refractivity (Wildman–Crippen MR) is 64.0 cm³/mol. The summed E-state index contributed by atoms with van der Waals surface area (Å²) < 4.78 is 1.72. The van der Waals surface area contributed by atoms with Gasteiger partial charge in [0.05, 0.1) is 11.0 Å². The molecule has 0 amide bonds. The fourth-order valence-corrected chi connectivity index (χ4v) is 1.89. The van der Waals surface area contributed by atoms with Gasteiger partial charge in [0.2, 0.25) is 5.95 Å². The highest BCUT2D eigenvalue weighted by Gasteiger charge is 2.24. The number of carbonyl (C=O) groups is 1. The number of aromatic nitrogens is 2. The molecule has 5 heteroatoms. The standard InChI is InChI=1S/C12H13N3O2/c16-11(17)7-15-10-4-2-1-3-9(10)14-12(15)13-8-5-6-8/h1-4,8H,5-7H2,(H,13,14)(H,16,17). The molecule has 1 aromatic carbocycles. The number of rotatable bonds is 4. The molecule has 0 bridgehead atoms. The summed E-state index contributed by atoms with van der Waals surface area (Å²) in [7, 11) is 0. The zero-order valence-electron chi connectivity index (χ0n) is 9.26. The maximum atomic E-state index is 10.9. The molecule has 5 nitrogen and oxygen atoms in total. The zero-order chi connectivity index (χ0) is 11.8. The van der Waals surface area contributed by atoms with Crippen LogP contribution in [0.3, 0.4) is 0 Å². The first-order valence-corrected chi connectivity index (χ1v) is 5.67. The fourth-order valence-electron chi connectivity index (χ4n) is 1.89. The van der Waals surface area contributed by atoms with E-state index in [1.54, 1.807) is 4.57 Å². The monoisotopic (exact) mass is 231 g/mol. The summed E-state index contributed by atoms with van der Waals surface area (Å²) in [6, 6.07) is 8.04. The summed E-state index contributed by atoms with van der Waals surface area (Å²) in [5.74, 6) is -0.192. The molecular weight excluding hydrogens is 218 g/mol. The molecule has 3 rings (SSSR count). The molecule has 1 aliphatic rings. The Morgan fingerprint density at radius 2 is 2.24 bits per heavy atom. The summed E-state index contributed by atoms with van der Waals surface area (Å²) in [5, 5.41) is 12.2. The van der Waals surface area contributed by atoms with E-state index in [2.05, 4.69) is 10.3 Å². The molecule has 1 saturated carbocycles. The van der Waals surface area contributed by atoms with Crippen LogP contribution < -0.4 is 5.32 Å². The quantitative estimate of drug-likeness (QED) is 0.840. The summed E-state index contributed by atoms with van der Waals surface area (Å²) in [6.45, 7) is -0.0600. The van der Waals surface area contributed by atoms with Crippen LogP contribution in [-0.4, -0.2) is 26.7 Å². The lowest BCUT2D eigenvalue weighted by Crippen LogP contribution is -2.14. The number of para-hydroxylation sites is 2. The highest BCUT2D eigenvalue weighted by Crippen LogP contribution is 2.26. The van der Waals surface area contributed by atoms with Crippen LogP contribution in [-0.2, 0) is 11.3 Å². The number of nitrogens with zero attached hydrogens (tertiary/aromatic N) is 2. The number of imidazole rings is 1. The van der Waals surface area contributed by atoms with Gasteiger partial charge in [0, 0.05) is 6.04 Å². The number of hydrogen-bond donors (Lipinski definition) is 2. The molecule has 1 aliphatic carbocycles. The van der Waals surface area contributed by atoms with E-state index in [1.165, 1.54) is 0 Å². The predicted octanol–water partition coefficient (Wildman–Crippen LogP) is 1.70. The van der Waals surface area contributed by atoms with Crippen LogP contribution in [0.2, 0.25) is 0 Å². The number of aliphatic carboxylic acids is 1. The van der Waals surface area contributed by atoms with E-state index in [0.29, 0.717) is 12.0 Å². The number of nitrogens with one attached hydrogen (secondary N) is 1. The summed E-state index contributed by atoms with van der Waals surface area (Å²) in [4.78, 5) is 15.3. The molecule has 0 unspecified atom stereocenters. The number of carboxylic acid groups (broad SMARTS) is 1. The van der Waals surface area contributed by atoms with Gasteiger partial charge in [-0.3, -0.25) is 9.36 Å². The second kappa shape index (κ2) is 3.76. The van der Waals surface area contributed by atoms with Gasteiger partial charge in [-0.2, -0.15) is 0 Å². The maximum absolute atomic E-state index is 10.9. The minimum atomic E-state index is -0.855. The van der Waals surface area contributed by atoms with E-state index in [1.807, 2.05) is 24.3 Å². The first-order chi connectivity index (χ1) is 8.24. The first kappa shape index (κ1) is 10.1. The molecule has 0 radical (unpaired) electrons. The maximum Gasteiger partial charge on any atom is 0.323 e. The lowest BCUT2D eigenvalue weighted by molar-refractivity contribution is -0.137. The lowest BCUT2D eigenvalue weighted by atomic mass is 10.3. The first-order valence-electron chi connectivity index (χ1n) is 5.67. The van der Waals surface area contributed by atoms with Crippen LogP contribution in [0.25, 0.3) is 11.0 Å². The Labute approximate surface area is 98.1 Å². The van der Waals surface area contributed by atoms with Crippen LogP contribution in [0.15, 0.2) is 24.3 Å². The van der Waals surface area contributed by atoms with Gasteiger partial charge in [-0.1, -0.05) is 12.1 Å². The van der Waals surface area contributed by atoms with Crippen molar-refractivity contribution in [2.24, 2.45) is 0 Å². The van der Waals surface area contributed by atoms with Crippen LogP contribution >= 0.6 is 0 Å². The van der Waals surface area contributed by atoms with Crippen molar-refractivity contribution in [3.63, 3.8) is 0 Å². The molecule has 17 heavy (non-hydrogen) atoms. The van der Waals surface area contributed by atoms with Crippen molar-refractivity contribution in [3.8, 4) is 0 Å².